The molecule has 0 spiro atoms. The summed E-state index contributed by atoms with van der Waals surface area (Å²) in [6.45, 7) is 0.626. The first-order valence-electron chi connectivity index (χ1n) is 9.60. The first kappa shape index (κ1) is 21.1. The summed E-state index contributed by atoms with van der Waals surface area (Å²) in [4.78, 5) is 38.9. The first-order chi connectivity index (χ1) is 14.8. The lowest BCUT2D eigenvalue weighted by Crippen LogP contribution is -2.46. The number of benzene rings is 2. The van der Waals surface area contributed by atoms with E-state index in [1.165, 1.54) is 17.0 Å². The van der Waals surface area contributed by atoms with Crippen LogP contribution in [0.15, 0.2) is 36.4 Å². The van der Waals surface area contributed by atoms with Gasteiger partial charge in [-0.3, -0.25) is 9.59 Å². The highest BCUT2D eigenvalue weighted by atomic mass is 35.5. The zero-order chi connectivity index (χ0) is 22.2. The van der Waals surface area contributed by atoms with Gasteiger partial charge < -0.3 is 25.0 Å². The number of carbonyl (C=O) groups is 3. The van der Waals surface area contributed by atoms with Gasteiger partial charge in [-0.05, 0) is 53.9 Å². The van der Waals surface area contributed by atoms with Crippen LogP contribution in [0.1, 0.15) is 17.5 Å². The summed E-state index contributed by atoms with van der Waals surface area (Å²) < 4.78 is 18.4. The minimum Gasteiger partial charge on any atom is -0.407 e. The van der Waals surface area contributed by atoms with Gasteiger partial charge in [0.1, 0.15) is 5.82 Å². The Bertz CT molecular complexity index is 1050. The van der Waals surface area contributed by atoms with Gasteiger partial charge in [-0.2, -0.15) is 0 Å². The van der Waals surface area contributed by atoms with E-state index in [2.05, 4.69) is 5.32 Å². The minimum atomic E-state index is -2.31. The van der Waals surface area contributed by atoms with Gasteiger partial charge in [0.25, 0.3) is 11.7 Å². The third-order valence-electron chi connectivity index (χ3n) is 5.31. The standard InChI is InChI=1S/C21H19ClFN3O5/c22-15-7-13(8-16(23)10-15)11-24-20(29)31-21(30)4-6-26(19(21)28)17-1-2-18-14(9-17)3-5-25(18)12-27/h1-2,7-10,12,30H,3-6,11H2,(H,24,29)/t21-/m1/s1. The van der Waals surface area contributed by atoms with Crippen LogP contribution in [-0.2, 0) is 27.3 Å². The van der Waals surface area contributed by atoms with Gasteiger partial charge in [0.15, 0.2) is 0 Å². The molecular formula is C21H19ClFN3O5. The van der Waals surface area contributed by atoms with Crippen molar-refractivity contribution in [2.24, 2.45) is 0 Å². The highest BCUT2D eigenvalue weighted by Crippen LogP contribution is 2.34. The summed E-state index contributed by atoms with van der Waals surface area (Å²) >= 11 is 5.78. The normalized spacial score (nSPS) is 20.0. The van der Waals surface area contributed by atoms with Crippen molar-refractivity contribution in [1.82, 2.24) is 5.32 Å². The molecule has 0 aliphatic carbocycles. The maximum atomic E-state index is 13.4. The monoisotopic (exact) mass is 447 g/mol. The van der Waals surface area contributed by atoms with E-state index in [9.17, 15) is 23.9 Å². The lowest BCUT2D eigenvalue weighted by Gasteiger charge is -2.23. The zero-order valence-corrected chi connectivity index (χ0v) is 17.1. The molecule has 4 rings (SSSR count). The summed E-state index contributed by atoms with van der Waals surface area (Å²) in [6, 6.07) is 9.01. The van der Waals surface area contributed by atoms with Gasteiger partial charge in [-0.25, -0.2) is 9.18 Å². The Hall–Kier alpha value is -3.17. The molecule has 0 bridgehead atoms. The predicted molar refractivity (Wildman–Crippen MR) is 110 cm³/mol. The molecule has 2 aromatic carbocycles. The number of amides is 3. The van der Waals surface area contributed by atoms with Gasteiger partial charge in [0, 0.05) is 42.5 Å². The maximum absolute atomic E-state index is 13.4. The van der Waals surface area contributed by atoms with Crippen molar-refractivity contribution in [3.8, 4) is 0 Å². The Balaban J connectivity index is 1.40. The molecule has 2 aromatic rings. The van der Waals surface area contributed by atoms with E-state index >= 15 is 0 Å². The summed E-state index contributed by atoms with van der Waals surface area (Å²) in [5.41, 5.74) is 2.65. The molecule has 1 saturated heterocycles. The summed E-state index contributed by atoms with van der Waals surface area (Å²) in [7, 11) is 0. The molecule has 2 heterocycles. The molecule has 2 N–H and O–H groups in total. The molecule has 2 aliphatic rings. The van der Waals surface area contributed by atoms with Crippen LogP contribution < -0.4 is 15.1 Å². The summed E-state index contributed by atoms with van der Waals surface area (Å²) in [5.74, 6) is -3.62. The third kappa shape index (κ3) is 4.19. The van der Waals surface area contributed by atoms with Crippen LogP contribution in [0.2, 0.25) is 5.02 Å². The Morgan fingerprint density at radius 2 is 2.10 bits per heavy atom. The largest absolute Gasteiger partial charge is 0.410 e. The van der Waals surface area contributed by atoms with Crippen LogP contribution >= 0.6 is 11.6 Å². The molecule has 8 nitrogen and oxygen atoms in total. The molecular weight excluding hydrogens is 429 g/mol. The molecule has 162 valence electrons. The van der Waals surface area contributed by atoms with E-state index in [0.717, 1.165) is 23.7 Å². The SMILES string of the molecule is O=CN1CCc2cc(N3CC[C@@](O)(OC(=O)NCc4cc(F)cc(Cl)c4)C3=O)ccc21. The van der Waals surface area contributed by atoms with Crippen LogP contribution in [0.4, 0.5) is 20.6 Å². The molecule has 0 aromatic heterocycles. The van der Waals surface area contributed by atoms with E-state index in [4.69, 9.17) is 16.3 Å². The Morgan fingerprint density at radius 3 is 2.84 bits per heavy atom. The van der Waals surface area contributed by atoms with Gasteiger partial charge in [-0.15, -0.1) is 0 Å². The number of hydrogen-bond acceptors (Lipinski definition) is 5. The van der Waals surface area contributed by atoms with Crippen LogP contribution in [-0.4, -0.2) is 42.4 Å². The highest BCUT2D eigenvalue weighted by Gasteiger charge is 2.49. The molecule has 2 aliphatic heterocycles. The van der Waals surface area contributed by atoms with E-state index in [-0.39, 0.29) is 24.5 Å². The van der Waals surface area contributed by atoms with Crippen molar-refractivity contribution >= 4 is 41.4 Å². The average molecular weight is 448 g/mol. The zero-order valence-electron chi connectivity index (χ0n) is 16.3. The van der Waals surface area contributed by atoms with Crippen molar-refractivity contribution in [2.75, 3.05) is 22.9 Å². The fraction of sp³-hybridized carbons (Fsp3) is 0.286. The van der Waals surface area contributed by atoms with E-state index < -0.39 is 23.6 Å². The first-order valence-corrected chi connectivity index (χ1v) is 9.98. The lowest BCUT2D eigenvalue weighted by molar-refractivity contribution is -0.175. The predicted octanol–water partition coefficient (Wildman–Crippen LogP) is 2.35. The number of nitrogens with one attached hydrogen (secondary N) is 1. The Morgan fingerprint density at radius 1 is 1.29 bits per heavy atom. The van der Waals surface area contributed by atoms with Crippen molar-refractivity contribution < 1.29 is 28.6 Å². The highest BCUT2D eigenvalue weighted by molar-refractivity contribution is 6.30. The molecule has 1 atom stereocenters. The number of fused-ring (bicyclic) bond motifs is 1. The van der Waals surface area contributed by atoms with Crippen molar-refractivity contribution in [2.45, 2.75) is 25.2 Å². The van der Waals surface area contributed by atoms with E-state index in [0.29, 0.717) is 24.2 Å². The summed E-state index contributed by atoms with van der Waals surface area (Å²) in [6.07, 6.45) is 0.295. The van der Waals surface area contributed by atoms with Crippen LogP contribution in [0.5, 0.6) is 0 Å². The van der Waals surface area contributed by atoms with Gasteiger partial charge >= 0.3 is 6.09 Å². The molecule has 3 amide bonds. The Labute approximate surface area is 182 Å². The number of ether oxygens (including phenoxy) is 1. The number of carbonyl (C=O) groups excluding carboxylic acids is 3. The quantitative estimate of drug-likeness (QED) is 0.541. The molecule has 0 saturated carbocycles. The second-order valence-corrected chi connectivity index (χ2v) is 7.81. The third-order valence-corrected chi connectivity index (χ3v) is 5.53. The molecule has 1 fully saturated rings. The van der Waals surface area contributed by atoms with Crippen molar-refractivity contribution in [3.05, 3.63) is 58.4 Å². The topological polar surface area (TPSA) is 99.2 Å². The van der Waals surface area contributed by atoms with Crippen LogP contribution in [0.25, 0.3) is 0 Å². The van der Waals surface area contributed by atoms with Crippen LogP contribution in [0.3, 0.4) is 0 Å². The number of nitrogens with zero attached hydrogens (tertiary/aromatic N) is 2. The summed E-state index contributed by atoms with van der Waals surface area (Å²) in [5, 5.41) is 13.2. The molecule has 31 heavy (non-hydrogen) atoms. The lowest BCUT2D eigenvalue weighted by atomic mass is 10.1. The second kappa shape index (κ2) is 8.16. The second-order valence-electron chi connectivity index (χ2n) is 7.37. The fourth-order valence-corrected chi connectivity index (χ4v) is 4.04. The average Bonchev–Trinajstić information content (AvgIpc) is 3.26. The number of aliphatic hydroxyl groups is 1. The Kier molecular flexibility index (Phi) is 5.55. The molecule has 0 unspecified atom stereocenters. The van der Waals surface area contributed by atoms with Gasteiger partial charge in [0.2, 0.25) is 6.41 Å². The molecule has 0 radical (unpaired) electrons. The van der Waals surface area contributed by atoms with Gasteiger partial charge in [-0.1, -0.05) is 11.6 Å². The number of hydrogen-bond donors (Lipinski definition) is 2. The smallest absolute Gasteiger partial charge is 0.407 e. The minimum absolute atomic E-state index is 0.0949. The molecule has 10 heteroatoms. The maximum Gasteiger partial charge on any atom is 0.410 e. The fourth-order valence-electron chi connectivity index (χ4n) is 3.79. The number of halogens is 2. The van der Waals surface area contributed by atoms with E-state index in [1.807, 2.05) is 0 Å². The van der Waals surface area contributed by atoms with Crippen LogP contribution in [0, 0.1) is 5.82 Å². The number of alkyl carbamates (subject to hydrolysis) is 1. The van der Waals surface area contributed by atoms with Crippen molar-refractivity contribution in [1.29, 1.82) is 0 Å². The van der Waals surface area contributed by atoms with Crippen molar-refractivity contribution in [3.63, 3.8) is 0 Å². The van der Waals surface area contributed by atoms with E-state index in [1.54, 1.807) is 23.1 Å². The van der Waals surface area contributed by atoms with Gasteiger partial charge in [0.05, 0.1) is 0 Å². The number of rotatable bonds is 5. The number of anilines is 2.